The Morgan fingerprint density at radius 1 is 0.904 bits per heavy atom. The lowest BCUT2D eigenvalue weighted by Gasteiger charge is -2.29. The van der Waals surface area contributed by atoms with E-state index < -0.39 is 18.1 Å². The second-order valence-electron chi connectivity index (χ2n) is 13.6. The van der Waals surface area contributed by atoms with Gasteiger partial charge in [0.1, 0.15) is 17.7 Å². The fourth-order valence-corrected chi connectivity index (χ4v) is 7.65. The second kappa shape index (κ2) is 15.0. The first-order chi connectivity index (χ1) is 23.6. The van der Waals surface area contributed by atoms with Crippen molar-refractivity contribution in [1.82, 2.24) is 35.5 Å². The summed E-state index contributed by atoms with van der Waals surface area (Å²) in [5.41, 5.74) is 5.29. The SMILES string of the molecule is CC(C)[C@H](NC(=O)O)C(=O)N1CCC[C@H]1c1ncc(-c2ccc3c(c2)C(F)(F)c2cc(-c4ccc5nc([C@@H]6CCCN6)[nH]c5c4)ccc2-3)[nH]1.Cl.Cl.Cl. The van der Waals surface area contributed by atoms with Gasteiger partial charge in [-0.3, -0.25) is 4.79 Å². The molecule has 5 N–H and O–H groups in total. The van der Waals surface area contributed by atoms with Gasteiger partial charge < -0.3 is 30.6 Å². The van der Waals surface area contributed by atoms with Gasteiger partial charge in [-0.25, -0.2) is 14.8 Å². The Morgan fingerprint density at radius 3 is 2.25 bits per heavy atom. The molecular weight excluding hydrogens is 735 g/mol. The molecule has 4 heterocycles. The number of halogens is 5. The van der Waals surface area contributed by atoms with E-state index in [1.54, 1.807) is 49.2 Å². The van der Waals surface area contributed by atoms with E-state index in [4.69, 9.17) is 4.98 Å². The summed E-state index contributed by atoms with van der Waals surface area (Å²) in [6, 6.07) is 15.1. The van der Waals surface area contributed by atoms with Crippen molar-refractivity contribution in [2.75, 3.05) is 13.1 Å². The predicted octanol–water partition coefficient (Wildman–Crippen LogP) is 8.39. The maximum Gasteiger partial charge on any atom is 0.405 e. The number of hydrogen-bond donors (Lipinski definition) is 5. The molecule has 2 amide bonds. The third kappa shape index (κ3) is 6.73. The number of carbonyl (C=O) groups excluding carboxylic acids is 1. The zero-order chi connectivity index (χ0) is 34.0. The van der Waals surface area contributed by atoms with Gasteiger partial charge in [-0.05, 0) is 84.7 Å². The number of amides is 2. The molecule has 10 nitrogen and oxygen atoms in total. The number of likely N-dealkylation sites (tertiary alicyclic amines) is 1. The van der Waals surface area contributed by atoms with Crippen LogP contribution < -0.4 is 10.6 Å². The molecule has 1 aliphatic carbocycles. The van der Waals surface area contributed by atoms with Crippen molar-refractivity contribution in [3.63, 3.8) is 0 Å². The van der Waals surface area contributed by atoms with Gasteiger partial charge >= 0.3 is 6.09 Å². The molecule has 15 heteroatoms. The van der Waals surface area contributed by atoms with E-state index in [1.165, 1.54) is 6.07 Å². The fourth-order valence-electron chi connectivity index (χ4n) is 7.65. The number of nitrogens with one attached hydrogen (secondary N) is 4. The number of aromatic nitrogens is 4. The number of H-pyrrole nitrogens is 2. The van der Waals surface area contributed by atoms with E-state index in [9.17, 15) is 14.7 Å². The van der Waals surface area contributed by atoms with Gasteiger partial charge in [-0.1, -0.05) is 44.2 Å². The molecule has 2 fully saturated rings. The van der Waals surface area contributed by atoms with E-state index in [0.717, 1.165) is 48.2 Å². The number of aromatic amines is 2. The molecule has 5 aromatic rings. The maximum atomic E-state index is 16.2. The Hall–Kier alpha value is -4.23. The number of alkyl halides is 2. The molecule has 0 radical (unpaired) electrons. The Labute approximate surface area is 317 Å². The summed E-state index contributed by atoms with van der Waals surface area (Å²) >= 11 is 0. The van der Waals surface area contributed by atoms with Crippen LogP contribution in [0.5, 0.6) is 0 Å². The minimum Gasteiger partial charge on any atom is -0.465 e. The van der Waals surface area contributed by atoms with Crippen LogP contribution in [0.2, 0.25) is 0 Å². The number of nitrogens with zero attached hydrogens (tertiary/aromatic N) is 3. The summed E-state index contributed by atoms with van der Waals surface area (Å²) in [6.45, 7) is 5.03. The van der Waals surface area contributed by atoms with Gasteiger partial charge in [-0.15, -0.1) is 37.2 Å². The molecule has 2 aliphatic heterocycles. The van der Waals surface area contributed by atoms with Gasteiger partial charge in [0.15, 0.2) is 0 Å². The van der Waals surface area contributed by atoms with Gasteiger partial charge in [0.05, 0.1) is 35.0 Å². The first-order valence-corrected chi connectivity index (χ1v) is 16.8. The number of hydrogen-bond acceptors (Lipinski definition) is 5. The van der Waals surface area contributed by atoms with Crippen molar-refractivity contribution in [3.8, 4) is 33.5 Å². The van der Waals surface area contributed by atoms with Gasteiger partial charge in [0.25, 0.3) is 5.92 Å². The third-order valence-electron chi connectivity index (χ3n) is 10.2. The highest BCUT2D eigenvalue weighted by Crippen LogP contribution is 2.52. The summed E-state index contributed by atoms with van der Waals surface area (Å²) in [7, 11) is 0. The molecule has 276 valence electrons. The molecule has 3 aliphatic rings. The topological polar surface area (TPSA) is 139 Å². The molecule has 52 heavy (non-hydrogen) atoms. The highest BCUT2D eigenvalue weighted by Gasteiger charge is 2.45. The van der Waals surface area contributed by atoms with Crippen molar-refractivity contribution in [2.24, 2.45) is 5.92 Å². The monoisotopic (exact) mass is 773 g/mol. The largest absolute Gasteiger partial charge is 0.465 e. The maximum absolute atomic E-state index is 16.2. The minimum atomic E-state index is -3.21. The zero-order valence-electron chi connectivity index (χ0n) is 28.4. The molecule has 3 aromatic carbocycles. The smallest absolute Gasteiger partial charge is 0.405 e. The van der Waals surface area contributed by atoms with Crippen LogP contribution >= 0.6 is 37.2 Å². The lowest BCUT2D eigenvalue weighted by atomic mass is 9.98. The Balaban J connectivity index is 0.00000174. The van der Waals surface area contributed by atoms with Crippen LogP contribution in [-0.4, -0.2) is 61.1 Å². The van der Waals surface area contributed by atoms with Crippen molar-refractivity contribution in [3.05, 3.63) is 83.6 Å². The Bertz CT molecular complexity index is 2120. The van der Waals surface area contributed by atoms with Crippen molar-refractivity contribution < 1.29 is 23.5 Å². The normalized spacial score (nSPS) is 19.0. The minimum absolute atomic E-state index is 0. The average Bonchev–Trinajstić information content (AvgIpc) is 3.93. The Morgan fingerprint density at radius 2 is 1.58 bits per heavy atom. The quantitative estimate of drug-likeness (QED) is 0.113. The number of fused-ring (bicyclic) bond motifs is 4. The predicted molar refractivity (Wildman–Crippen MR) is 203 cm³/mol. The number of carbonyl (C=O) groups is 2. The molecular formula is C37H40Cl3F2N7O3. The van der Waals surface area contributed by atoms with Gasteiger partial charge in [0.2, 0.25) is 5.91 Å². The number of imidazole rings is 2. The summed E-state index contributed by atoms with van der Waals surface area (Å²) in [5.74, 6) is -2.31. The van der Waals surface area contributed by atoms with Crippen LogP contribution in [0.1, 0.15) is 74.4 Å². The lowest BCUT2D eigenvalue weighted by Crippen LogP contribution is -2.50. The van der Waals surface area contributed by atoms with Crippen molar-refractivity contribution in [2.45, 2.75) is 63.6 Å². The molecule has 3 atom stereocenters. The summed E-state index contributed by atoms with van der Waals surface area (Å²) in [4.78, 5) is 42.4. The average molecular weight is 775 g/mol. The van der Waals surface area contributed by atoms with E-state index in [0.29, 0.717) is 46.7 Å². The molecule has 2 aromatic heterocycles. The van der Waals surface area contributed by atoms with E-state index >= 15 is 8.78 Å². The van der Waals surface area contributed by atoms with Gasteiger partial charge in [0, 0.05) is 23.2 Å². The van der Waals surface area contributed by atoms with Crippen LogP contribution in [0.25, 0.3) is 44.5 Å². The standard InChI is InChI=1S/C37H37F2N7O3.3ClH/c1-19(2)32(45-36(48)49)35(47)46-14-4-6-31(46)34-41-18-30(44-34)22-8-11-24-23-10-7-20(15-25(23)37(38,39)26(24)16-22)21-9-12-27-29(17-21)43-33(42-27)28-5-3-13-40-28;;;/h7-12,15-19,28,31-32,40,45H,3-6,13-14H2,1-2H3,(H,41,44)(H,42,43)(H,48,49);3*1H/t28-,31-,32-;;;/m0.../s1. The first-order valence-electron chi connectivity index (χ1n) is 16.8. The third-order valence-corrected chi connectivity index (χ3v) is 10.2. The van der Waals surface area contributed by atoms with E-state index in [-0.39, 0.29) is 72.3 Å². The van der Waals surface area contributed by atoms with Crippen LogP contribution in [0.4, 0.5) is 13.6 Å². The fraction of sp³-hybridized carbons (Fsp3) is 0.351. The van der Waals surface area contributed by atoms with Crippen LogP contribution in [0.3, 0.4) is 0 Å². The molecule has 0 saturated carbocycles. The van der Waals surface area contributed by atoms with Crippen molar-refractivity contribution >= 4 is 60.3 Å². The number of rotatable bonds is 7. The number of benzene rings is 3. The molecule has 0 unspecified atom stereocenters. The van der Waals surface area contributed by atoms with Crippen LogP contribution in [0, 0.1) is 5.92 Å². The molecule has 8 rings (SSSR count). The van der Waals surface area contributed by atoms with Crippen LogP contribution in [-0.2, 0) is 10.7 Å². The van der Waals surface area contributed by atoms with Crippen molar-refractivity contribution in [1.29, 1.82) is 0 Å². The van der Waals surface area contributed by atoms with E-state index in [1.807, 2.05) is 24.3 Å². The lowest BCUT2D eigenvalue weighted by molar-refractivity contribution is -0.135. The van der Waals surface area contributed by atoms with Gasteiger partial charge in [-0.2, -0.15) is 8.78 Å². The summed E-state index contributed by atoms with van der Waals surface area (Å²) in [6.07, 6.45) is 3.89. The molecule has 0 bridgehead atoms. The highest BCUT2D eigenvalue weighted by atomic mass is 35.5. The first kappa shape index (κ1) is 39.0. The Kier molecular flexibility index (Phi) is 11.3. The summed E-state index contributed by atoms with van der Waals surface area (Å²) in [5, 5.41) is 15.1. The van der Waals surface area contributed by atoms with E-state index in [2.05, 4.69) is 25.6 Å². The highest BCUT2D eigenvalue weighted by molar-refractivity contribution is 5.88. The molecule has 0 spiro atoms. The van der Waals surface area contributed by atoms with Crippen LogP contribution in [0.15, 0.2) is 60.8 Å². The number of carboxylic acid groups (broad SMARTS) is 1. The zero-order valence-corrected chi connectivity index (χ0v) is 30.9. The molecule has 2 saturated heterocycles. The second-order valence-corrected chi connectivity index (χ2v) is 13.6. The summed E-state index contributed by atoms with van der Waals surface area (Å²) < 4.78 is 32.5.